The molecule has 4 aromatic rings. The van der Waals surface area contributed by atoms with Crippen molar-refractivity contribution < 1.29 is 4.74 Å². The summed E-state index contributed by atoms with van der Waals surface area (Å²) in [6, 6.07) is 15.2. The molecule has 7 nitrogen and oxygen atoms in total. The van der Waals surface area contributed by atoms with Crippen molar-refractivity contribution in [2.75, 3.05) is 17.2 Å². The lowest BCUT2D eigenvalue weighted by molar-refractivity contribution is 0.276. The van der Waals surface area contributed by atoms with Crippen LogP contribution < -0.4 is 15.4 Å². The molecular formula is C21H21IN6OS. The maximum atomic E-state index is 5.99. The predicted molar refractivity (Wildman–Crippen MR) is 128 cm³/mol. The van der Waals surface area contributed by atoms with Crippen LogP contribution in [0, 0.1) is 5.92 Å². The second-order valence-electron chi connectivity index (χ2n) is 7.35. The minimum atomic E-state index is 0.325. The molecule has 30 heavy (non-hydrogen) atoms. The topological polar surface area (TPSA) is 93.0 Å². The number of hydrogen-bond donors (Lipinski definition) is 2. The number of aromatic amines is 1. The van der Waals surface area contributed by atoms with Crippen molar-refractivity contribution in [3.05, 3.63) is 58.4 Å². The highest BCUT2D eigenvalue weighted by atomic mass is 127. The van der Waals surface area contributed by atoms with Crippen LogP contribution in [0.15, 0.2) is 47.8 Å². The third kappa shape index (κ3) is 4.22. The highest BCUT2D eigenvalue weighted by molar-refractivity contribution is 14.1. The van der Waals surface area contributed by atoms with Crippen LogP contribution in [0.2, 0.25) is 0 Å². The fourth-order valence-electron chi connectivity index (χ4n) is 3.63. The molecule has 0 aliphatic heterocycles. The van der Waals surface area contributed by atoms with Crippen LogP contribution in [0.5, 0.6) is 6.01 Å². The molecule has 0 radical (unpaired) electrons. The molecule has 3 heterocycles. The van der Waals surface area contributed by atoms with Gasteiger partial charge in [0.15, 0.2) is 0 Å². The van der Waals surface area contributed by atoms with Crippen LogP contribution in [0.25, 0.3) is 11.0 Å². The zero-order chi connectivity index (χ0) is 20.5. The Balaban J connectivity index is 1.31. The zero-order valence-corrected chi connectivity index (χ0v) is 19.1. The number of nitrogen functional groups attached to an aromatic ring is 1. The average Bonchev–Trinajstić information content (AvgIpc) is 3.13. The summed E-state index contributed by atoms with van der Waals surface area (Å²) in [5.74, 6) is 1.63. The van der Waals surface area contributed by atoms with Crippen LogP contribution >= 0.6 is 33.9 Å². The molecule has 9 heteroatoms. The second-order valence-corrected chi connectivity index (χ2v) is 9.14. The monoisotopic (exact) mass is 532 g/mol. The average molecular weight is 532 g/mol. The number of aromatic nitrogens is 4. The molecule has 1 saturated carbocycles. The summed E-state index contributed by atoms with van der Waals surface area (Å²) in [5, 5.41) is 2.10. The number of nitrogens with two attached hydrogens (primary N) is 1. The lowest BCUT2D eigenvalue weighted by Gasteiger charge is -2.24. The highest BCUT2D eigenvalue weighted by Crippen LogP contribution is 2.40. The summed E-state index contributed by atoms with van der Waals surface area (Å²) in [5.41, 5.74) is 8.84. The van der Waals surface area contributed by atoms with Crippen molar-refractivity contribution in [3.63, 3.8) is 0 Å². The zero-order valence-electron chi connectivity index (χ0n) is 16.2. The van der Waals surface area contributed by atoms with Gasteiger partial charge >= 0.3 is 0 Å². The minimum absolute atomic E-state index is 0.325. The molecule has 2 atom stereocenters. The van der Waals surface area contributed by atoms with Gasteiger partial charge in [-0.05, 0) is 30.0 Å². The predicted octanol–water partition coefficient (Wildman–Crippen LogP) is 4.41. The number of alkyl halides is 1. The summed E-state index contributed by atoms with van der Waals surface area (Å²) < 4.78 is 6.78. The van der Waals surface area contributed by atoms with Gasteiger partial charge in [0, 0.05) is 27.3 Å². The van der Waals surface area contributed by atoms with Gasteiger partial charge in [0.2, 0.25) is 5.95 Å². The van der Waals surface area contributed by atoms with E-state index in [1.807, 2.05) is 30.3 Å². The van der Waals surface area contributed by atoms with Gasteiger partial charge in [-0.2, -0.15) is 9.97 Å². The van der Waals surface area contributed by atoms with E-state index in [1.165, 1.54) is 4.88 Å². The molecule has 3 N–H and O–H groups in total. The lowest BCUT2D eigenvalue weighted by atomic mass is 10.3. The number of para-hydroxylation sites is 2. The summed E-state index contributed by atoms with van der Waals surface area (Å²) in [4.78, 5) is 20.2. The normalized spacial score (nSPS) is 17.9. The number of benzene rings is 1. The van der Waals surface area contributed by atoms with E-state index in [0.29, 0.717) is 30.5 Å². The van der Waals surface area contributed by atoms with E-state index in [0.717, 1.165) is 39.9 Å². The number of hydrogen-bond acceptors (Lipinski definition) is 7. The molecule has 1 aliphatic rings. The van der Waals surface area contributed by atoms with E-state index >= 15 is 0 Å². The summed E-state index contributed by atoms with van der Waals surface area (Å²) in [6.07, 6.45) is 1.05. The number of rotatable bonds is 8. The number of H-pyrrole nitrogens is 1. The Morgan fingerprint density at radius 2 is 2.10 bits per heavy atom. The Kier molecular flexibility index (Phi) is 5.47. The van der Waals surface area contributed by atoms with Gasteiger partial charge in [0.1, 0.15) is 5.82 Å². The first-order valence-electron chi connectivity index (χ1n) is 9.75. The summed E-state index contributed by atoms with van der Waals surface area (Å²) in [6.45, 7) is 1.42. The van der Waals surface area contributed by atoms with Gasteiger partial charge in [0.25, 0.3) is 6.01 Å². The van der Waals surface area contributed by atoms with E-state index in [9.17, 15) is 0 Å². The first kappa shape index (κ1) is 19.6. The standard InChI is InChI=1S/C21H21IN6OS/c22-10-14-9-19(27-20(23)24-14)28(11-15-4-3-7-30-15)18-8-13(18)12-29-21-25-16-5-1-2-6-17(16)26-21/h1-7,9,13,18H,8,10-12H2,(H,25,26)(H2,23,24,27)/t13-,18-/m0/s1. The Bertz CT molecular complexity index is 1110. The van der Waals surface area contributed by atoms with E-state index < -0.39 is 0 Å². The van der Waals surface area contributed by atoms with Gasteiger partial charge in [-0.25, -0.2) is 4.98 Å². The molecule has 1 fully saturated rings. The molecule has 154 valence electrons. The maximum absolute atomic E-state index is 5.99. The second kappa shape index (κ2) is 8.38. The number of nitrogens with one attached hydrogen (secondary N) is 1. The molecule has 1 aliphatic carbocycles. The molecule has 0 unspecified atom stereocenters. The summed E-state index contributed by atoms with van der Waals surface area (Å²) >= 11 is 4.06. The molecule has 0 bridgehead atoms. The fraction of sp³-hybridized carbons (Fsp3) is 0.286. The van der Waals surface area contributed by atoms with Gasteiger partial charge in [-0.15, -0.1) is 11.3 Å². The first-order chi connectivity index (χ1) is 14.7. The van der Waals surface area contributed by atoms with Crippen molar-refractivity contribution in [1.29, 1.82) is 0 Å². The van der Waals surface area contributed by atoms with Crippen molar-refractivity contribution in [3.8, 4) is 6.01 Å². The van der Waals surface area contributed by atoms with E-state index in [-0.39, 0.29) is 0 Å². The third-order valence-electron chi connectivity index (χ3n) is 5.21. The van der Waals surface area contributed by atoms with Crippen LogP contribution in [0.3, 0.4) is 0 Å². The number of ether oxygens (including phenoxy) is 1. The number of nitrogens with zero attached hydrogens (tertiary/aromatic N) is 4. The number of halogens is 1. The van der Waals surface area contributed by atoms with Crippen LogP contribution in [-0.2, 0) is 11.0 Å². The Morgan fingerprint density at radius 3 is 2.90 bits per heavy atom. The number of fused-ring (bicyclic) bond motifs is 1. The minimum Gasteiger partial charge on any atom is -0.464 e. The number of imidazole rings is 1. The van der Waals surface area contributed by atoms with Crippen molar-refractivity contribution in [1.82, 2.24) is 19.9 Å². The third-order valence-corrected chi connectivity index (χ3v) is 6.85. The van der Waals surface area contributed by atoms with Gasteiger partial charge < -0.3 is 20.4 Å². The Hall–Kier alpha value is -2.40. The number of thiophene rings is 1. The fourth-order valence-corrected chi connectivity index (χ4v) is 4.73. The van der Waals surface area contributed by atoms with Crippen LogP contribution in [-0.4, -0.2) is 32.6 Å². The van der Waals surface area contributed by atoms with Crippen LogP contribution in [0.1, 0.15) is 17.0 Å². The van der Waals surface area contributed by atoms with Crippen molar-refractivity contribution in [2.45, 2.75) is 23.4 Å². The largest absolute Gasteiger partial charge is 0.464 e. The lowest BCUT2D eigenvalue weighted by Crippen LogP contribution is -2.28. The maximum Gasteiger partial charge on any atom is 0.294 e. The summed E-state index contributed by atoms with van der Waals surface area (Å²) in [7, 11) is 0. The van der Waals surface area contributed by atoms with Gasteiger partial charge in [-0.1, -0.05) is 40.8 Å². The smallest absolute Gasteiger partial charge is 0.294 e. The molecule has 1 aromatic carbocycles. The van der Waals surface area contributed by atoms with E-state index in [1.54, 1.807) is 11.3 Å². The SMILES string of the molecule is Nc1nc(CI)cc(N(Cc2cccs2)[C@H]2C[C@H]2COc2nc3ccccc3[nH]2)n1. The van der Waals surface area contributed by atoms with E-state index in [2.05, 4.69) is 64.9 Å². The highest BCUT2D eigenvalue weighted by Gasteiger charge is 2.43. The van der Waals surface area contributed by atoms with Gasteiger partial charge in [0.05, 0.1) is 29.9 Å². The Morgan fingerprint density at radius 1 is 1.20 bits per heavy atom. The van der Waals surface area contributed by atoms with Gasteiger partial charge in [-0.3, -0.25) is 0 Å². The van der Waals surface area contributed by atoms with Crippen LogP contribution in [0.4, 0.5) is 11.8 Å². The van der Waals surface area contributed by atoms with E-state index in [4.69, 9.17) is 10.5 Å². The molecule has 0 spiro atoms. The molecular weight excluding hydrogens is 511 g/mol. The molecule has 5 rings (SSSR count). The quantitative estimate of drug-likeness (QED) is 0.258. The van der Waals surface area contributed by atoms with Crippen molar-refractivity contribution in [2.24, 2.45) is 5.92 Å². The Labute approximate surface area is 191 Å². The first-order valence-corrected chi connectivity index (χ1v) is 12.2. The number of anilines is 2. The molecule has 0 amide bonds. The van der Waals surface area contributed by atoms with Crippen molar-refractivity contribution >= 4 is 56.7 Å². The molecule has 3 aromatic heterocycles. The molecule has 0 saturated heterocycles.